The van der Waals surface area contributed by atoms with E-state index in [1.807, 2.05) is 0 Å². The van der Waals surface area contributed by atoms with Crippen LogP contribution >= 0.6 is 0 Å². The van der Waals surface area contributed by atoms with Crippen molar-refractivity contribution in [2.75, 3.05) is 5.32 Å². The number of oxazole rings is 1. The van der Waals surface area contributed by atoms with Crippen molar-refractivity contribution in [1.82, 2.24) is 4.57 Å². The summed E-state index contributed by atoms with van der Waals surface area (Å²) in [5, 5.41) is 10.7. The summed E-state index contributed by atoms with van der Waals surface area (Å²) < 4.78 is 6.24. The van der Waals surface area contributed by atoms with Gasteiger partial charge in [-0.3, -0.25) is 9.88 Å². The lowest BCUT2D eigenvalue weighted by atomic mass is 10.3. The first-order valence-electron chi connectivity index (χ1n) is 4.17. The van der Waals surface area contributed by atoms with E-state index in [0.717, 1.165) is 0 Å². The quantitative estimate of drug-likeness (QED) is 0.737. The van der Waals surface area contributed by atoms with Crippen LogP contribution in [0.5, 0.6) is 0 Å². The number of fused-ring (bicyclic) bond motifs is 1. The molecule has 0 aliphatic rings. The van der Waals surface area contributed by atoms with Gasteiger partial charge in [0.1, 0.15) is 0 Å². The van der Waals surface area contributed by atoms with Gasteiger partial charge in [-0.05, 0) is 12.1 Å². The van der Waals surface area contributed by atoms with E-state index in [0.29, 0.717) is 16.8 Å². The number of aryl methyl sites for hydroxylation is 1. The maximum absolute atomic E-state index is 11.1. The van der Waals surface area contributed by atoms with Gasteiger partial charge in [-0.15, -0.1) is 0 Å². The Hall–Kier alpha value is -2.24. The lowest BCUT2D eigenvalue weighted by Crippen LogP contribution is -2.08. The molecule has 1 aromatic carbocycles. The molecule has 0 atom stereocenters. The highest BCUT2D eigenvalue weighted by molar-refractivity contribution is 5.86. The summed E-state index contributed by atoms with van der Waals surface area (Å²) in [6, 6.07) is 4.64. The van der Waals surface area contributed by atoms with Gasteiger partial charge < -0.3 is 9.52 Å². The average molecular weight is 208 g/mol. The second-order valence-electron chi connectivity index (χ2n) is 3.04. The fourth-order valence-corrected chi connectivity index (χ4v) is 1.34. The molecule has 1 aromatic heterocycles. The van der Waals surface area contributed by atoms with Crippen LogP contribution in [0.15, 0.2) is 27.4 Å². The molecule has 0 unspecified atom stereocenters. The van der Waals surface area contributed by atoms with Gasteiger partial charge in [-0.2, -0.15) is 0 Å². The average Bonchev–Trinajstić information content (AvgIpc) is 2.41. The number of aromatic nitrogens is 1. The van der Waals surface area contributed by atoms with Gasteiger partial charge >= 0.3 is 11.8 Å². The zero-order valence-electron chi connectivity index (χ0n) is 7.85. The second-order valence-corrected chi connectivity index (χ2v) is 3.04. The zero-order chi connectivity index (χ0) is 11.0. The van der Waals surface area contributed by atoms with Gasteiger partial charge in [0.05, 0.1) is 5.52 Å². The summed E-state index contributed by atoms with van der Waals surface area (Å²) in [6.07, 6.45) is -1.16. The van der Waals surface area contributed by atoms with Crippen LogP contribution in [0.25, 0.3) is 11.1 Å². The van der Waals surface area contributed by atoms with Crippen molar-refractivity contribution in [3.63, 3.8) is 0 Å². The van der Waals surface area contributed by atoms with Crippen molar-refractivity contribution in [3.05, 3.63) is 28.7 Å². The van der Waals surface area contributed by atoms with E-state index >= 15 is 0 Å². The molecule has 0 fully saturated rings. The van der Waals surface area contributed by atoms with Crippen LogP contribution in [-0.2, 0) is 7.05 Å². The van der Waals surface area contributed by atoms with E-state index in [9.17, 15) is 9.59 Å². The van der Waals surface area contributed by atoms with Crippen molar-refractivity contribution >= 4 is 22.9 Å². The van der Waals surface area contributed by atoms with Gasteiger partial charge in [0.15, 0.2) is 5.58 Å². The fourth-order valence-electron chi connectivity index (χ4n) is 1.34. The summed E-state index contributed by atoms with van der Waals surface area (Å²) >= 11 is 0. The molecule has 0 aliphatic heterocycles. The number of carbonyl (C=O) groups is 1. The summed E-state index contributed by atoms with van der Waals surface area (Å²) in [6.45, 7) is 0. The van der Waals surface area contributed by atoms with Crippen LogP contribution in [0.4, 0.5) is 10.5 Å². The molecule has 78 valence electrons. The van der Waals surface area contributed by atoms with Crippen molar-refractivity contribution in [2.24, 2.45) is 7.05 Å². The molecule has 2 N–H and O–H groups in total. The Kier molecular flexibility index (Phi) is 1.96. The second kappa shape index (κ2) is 3.16. The van der Waals surface area contributed by atoms with E-state index < -0.39 is 11.8 Å². The normalized spacial score (nSPS) is 10.5. The maximum atomic E-state index is 11.1. The molecule has 0 spiro atoms. The number of hydrogen-bond donors (Lipinski definition) is 2. The molecule has 15 heavy (non-hydrogen) atoms. The van der Waals surface area contributed by atoms with Crippen molar-refractivity contribution in [1.29, 1.82) is 0 Å². The topological polar surface area (TPSA) is 84.5 Å². The number of carboxylic acid groups (broad SMARTS) is 1. The van der Waals surface area contributed by atoms with E-state index in [2.05, 4.69) is 5.32 Å². The monoisotopic (exact) mass is 208 g/mol. The summed E-state index contributed by atoms with van der Waals surface area (Å²) in [5.41, 5.74) is 1.34. The van der Waals surface area contributed by atoms with E-state index in [1.165, 1.54) is 10.6 Å². The molecule has 2 aromatic rings. The Morgan fingerprint density at radius 1 is 1.53 bits per heavy atom. The minimum absolute atomic E-state index is 0.355. The molecule has 6 nitrogen and oxygen atoms in total. The highest BCUT2D eigenvalue weighted by atomic mass is 16.4. The molecule has 1 heterocycles. The molecular weight excluding hydrogens is 200 g/mol. The number of nitrogens with zero attached hydrogens (tertiary/aromatic N) is 1. The van der Waals surface area contributed by atoms with Crippen LogP contribution in [-0.4, -0.2) is 15.8 Å². The van der Waals surface area contributed by atoms with Crippen LogP contribution < -0.4 is 11.1 Å². The van der Waals surface area contributed by atoms with Gasteiger partial charge in [0, 0.05) is 18.8 Å². The summed E-state index contributed by atoms with van der Waals surface area (Å²) in [7, 11) is 1.58. The first kappa shape index (κ1) is 9.32. The van der Waals surface area contributed by atoms with Crippen LogP contribution in [0.1, 0.15) is 0 Å². The van der Waals surface area contributed by atoms with Gasteiger partial charge in [-0.25, -0.2) is 9.59 Å². The zero-order valence-corrected chi connectivity index (χ0v) is 7.85. The van der Waals surface area contributed by atoms with Gasteiger partial charge in [-0.1, -0.05) is 0 Å². The standard InChI is InChI=1S/C9H8N2O4/c1-11-6-3-2-5(10-8(12)13)4-7(6)15-9(11)14/h2-4,10H,1H3,(H,12,13). The summed E-state index contributed by atoms with van der Waals surface area (Å²) in [4.78, 5) is 21.5. The molecule has 0 bridgehead atoms. The number of amides is 1. The minimum Gasteiger partial charge on any atom is -0.465 e. The lowest BCUT2D eigenvalue weighted by Gasteiger charge is -1.99. The van der Waals surface area contributed by atoms with Crippen molar-refractivity contribution in [2.45, 2.75) is 0 Å². The molecule has 2 rings (SSSR count). The highest BCUT2D eigenvalue weighted by Gasteiger charge is 2.07. The number of benzene rings is 1. The third-order valence-electron chi connectivity index (χ3n) is 2.04. The summed E-state index contributed by atoms with van der Waals surface area (Å²) in [5.74, 6) is -0.475. The van der Waals surface area contributed by atoms with Crippen LogP contribution in [0, 0.1) is 0 Å². The molecule has 0 saturated carbocycles. The van der Waals surface area contributed by atoms with Crippen LogP contribution in [0.3, 0.4) is 0 Å². The first-order valence-corrected chi connectivity index (χ1v) is 4.17. The van der Waals surface area contributed by atoms with E-state index in [1.54, 1.807) is 19.2 Å². The van der Waals surface area contributed by atoms with E-state index in [4.69, 9.17) is 9.52 Å². The maximum Gasteiger partial charge on any atom is 0.419 e. The SMILES string of the molecule is Cn1c(=O)oc2cc(NC(=O)O)ccc21. The highest BCUT2D eigenvalue weighted by Crippen LogP contribution is 2.17. The Labute approximate surface area is 83.7 Å². The third-order valence-corrected chi connectivity index (χ3v) is 2.04. The van der Waals surface area contributed by atoms with Crippen molar-refractivity contribution in [3.8, 4) is 0 Å². The molecule has 6 heteroatoms. The number of rotatable bonds is 1. The molecule has 0 aliphatic carbocycles. The molecule has 0 radical (unpaired) electrons. The fraction of sp³-hybridized carbons (Fsp3) is 0.111. The number of anilines is 1. The first-order chi connectivity index (χ1) is 7.08. The molecule has 0 saturated heterocycles. The van der Waals surface area contributed by atoms with E-state index in [-0.39, 0.29) is 0 Å². The predicted octanol–water partition coefficient (Wildman–Crippen LogP) is 1.22. The van der Waals surface area contributed by atoms with Gasteiger partial charge in [0.25, 0.3) is 0 Å². The Bertz CT molecular complexity index is 581. The Morgan fingerprint density at radius 2 is 2.27 bits per heavy atom. The third kappa shape index (κ3) is 1.56. The van der Waals surface area contributed by atoms with Crippen LogP contribution in [0.2, 0.25) is 0 Å². The smallest absolute Gasteiger partial charge is 0.419 e. The Balaban J connectivity index is 2.57. The lowest BCUT2D eigenvalue weighted by molar-refractivity contribution is 0.210. The van der Waals surface area contributed by atoms with Crippen molar-refractivity contribution < 1.29 is 14.3 Å². The molecule has 1 amide bonds. The minimum atomic E-state index is -1.16. The number of hydrogen-bond acceptors (Lipinski definition) is 3. The predicted molar refractivity (Wildman–Crippen MR) is 53.1 cm³/mol. The Morgan fingerprint density at radius 3 is 2.93 bits per heavy atom. The largest absolute Gasteiger partial charge is 0.465 e. The molecular formula is C9H8N2O4. The van der Waals surface area contributed by atoms with Gasteiger partial charge in [0.2, 0.25) is 0 Å². The number of nitrogens with one attached hydrogen (secondary N) is 1.